The molecule has 0 unspecified atom stereocenters. The number of nitrogens with one attached hydrogen (secondary N) is 6. The van der Waals surface area contributed by atoms with Gasteiger partial charge in [-0.15, -0.1) is 10.2 Å². The van der Waals surface area contributed by atoms with E-state index in [1.54, 1.807) is 0 Å². The first-order chi connectivity index (χ1) is 32.7. The van der Waals surface area contributed by atoms with Crippen LogP contribution in [0.3, 0.4) is 0 Å². The molecule has 0 spiro atoms. The third kappa shape index (κ3) is 32.8. The number of sulfone groups is 1. The number of rotatable bonds is 44. The molecule has 1 aromatic heterocycles. The van der Waals surface area contributed by atoms with Gasteiger partial charge >= 0.3 is 0 Å². The Morgan fingerprint density at radius 1 is 0.691 bits per heavy atom. The molecule has 12 N–H and O–H groups in total. The lowest BCUT2D eigenvalue weighted by molar-refractivity contribution is -0.134. The summed E-state index contributed by atoms with van der Waals surface area (Å²) in [7, 11) is -2.15. The van der Waals surface area contributed by atoms with E-state index >= 15 is 0 Å². The second kappa shape index (κ2) is 39.1. The van der Waals surface area contributed by atoms with E-state index in [1.807, 2.05) is 6.92 Å². The van der Waals surface area contributed by atoms with Gasteiger partial charge in [0.25, 0.3) is 0 Å². The lowest BCUT2D eigenvalue weighted by Crippen LogP contribution is -2.58. The van der Waals surface area contributed by atoms with Gasteiger partial charge < -0.3 is 53.3 Å². The van der Waals surface area contributed by atoms with E-state index in [-0.39, 0.29) is 94.4 Å². The molecule has 0 aliphatic rings. The SMILES string of the molecule is CCCC[C@H](NC(=O)[C@H](CN)NC(=O)[C@H](CCCN=C(N)N)NC(=O)COCCOCCNC(=O)CCCS(=O)(=O)CC(=O)CCCCCCCCCCCCCCCc1nn[nH]n1)C(=O)NC. The van der Waals surface area contributed by atoms with Gasteiger partial charge in [0.15, 0.2) is 21.6 Å². The number of tetrazole rings is 1. The van der Waals surface area contributed by atoms with E-state index in [2.05, 4.69) is 52.2 Å². The summed E-state index contributed by atoms with van der Waals surface area (Å²) in [6.45, 7) is 1.87. The molecule has 23 nitrogen and oxygen atoms in total. The van der Waals surface area contributed by atoms with Gasteiger partial charge in [0, 0.05) is 45.9 Å². The number of ketones is 1. The van der Waals surface area contributed by atoms with Gasteiger partial charge in [-0.1, -0.05) is 95.6 Å². The van der Waals surface area contributed by atoms with Gasteiger partial charge in [-0.3, -0.25) is 33.8 Å². The Hall–Kier alpha value is -4.81. The average molecular weight is 986 g/mol. The van der Waals surface area contributed by atoms with Crippen LogP contribution in [0.25, 0.3) is 0 Å². The van der Waals surface area contributed by atoms with Gasteiger partial charge in [0.05, 0.1) is 25.6 Å². The number of aliphatic imine (C=N–C) groups is 1. The Bertz CT molecular complexity index is 1700. The number of H-pyrrole nitrogens is 1. The van der Waals surface area contributed by atoms with Crippen molar-refractivity contribution in [1.82, 2.24) is 47.2 Å². The number of nitrogens with two attached hydrogens (primary N) is 3. The molecule has 0 bridgehead atoms. The monoisotopic (exact) mass is 986 g/mol. The third-order valence-corrected chi connectivity index (χ3v) is 12.5. The fraction of sp³-hybridized carbons (Fsp3) is 0.818. The van der Waals surface area contributed by atoms with Crippen LogP contribution in [0, 0.1) is 0 Å². The highest BCUT2D eigenvalue weighted by atomic mass is 32.2. The van der Waals surface area contributed by atoms with E-state index in [0.717, 1.165) is 44.3 Å². The van der Waals surface area contributed by atoms with Gasteiger partial charge in [0.2, 0.25) is 29.5 Å². The Morgan fingerprint density at radius 2 is 1.28 bits per heavy atom. The molecule has 68 heavy (non-hydrogen) atoms. The first kappa shape index (κ1) is 61.2. The van der Waals surface area contributed by atoms with Crippen LogP contribution in [0.15, 0.2) is 4.99 Å². The number of hydrogen-bond acceptors (Lipinski definition) is 15. The van der Waals surface area contributed by atoms with Crippen LogP contribution in [0.4, 0.5) is 0 Å². The van der Waals surface area contributed by atoms with Gasteiger partial charge in [-0.25, -0.2) is 8.42 Å². The van der Waals surface area contributed by atoms with E-state index < -0.39 is 58.0 Å². The largest absolute Gasteiger partial charge is 0.377 e. The van der Waals surface area contributed by atoms with Crippen LogP contribution < -0.4 is 43.8 Å². The van der Waals surface area contributed by atoms with Crippen LogP contribution in [0.1, 0.15) is 148 Å². The Balaban J connectivity index is 2.20. The number of ether oxygens (including phenoxy) is 2. The van der Waals surface area contributed by atoms with Gasteiger partial charge in [-0.05, 0) is 38.5 Å². The number of likely N-dealkylation sites (N-methyl/N-ethyl adjacent to an activating group) is 1. The van der Waals surface area contributed by atoms with Crippen LogP contribution in [0.2, 0.25) is 0 Å². The lowest BCUT2D eigenvalue weighted by atomic mass is 10.0. The zero-order valence-electron chi connectivity index (χ0n) is 40.7. The number of Topliss-reactive ketones (excluding diaryl/α,β-unsaturated/α-hetero) is 1. The normalized spacial score (nSPS) is 12.6. The molecule has 1 heterocycles. The Morgan fingerprint density at radius 3 is 1.88 bits per heavy atom. The molecule has 0 aliphatic heterocycles. The maximum Gasteiger partial charge on any atom is 0.246 e. The van der Waals surface area contributed by atoms with Crippen molar-refractivity contribution in [3.63, 3.8) is 0 Å². The van der Waals surface area contributed by atoms with E-state index in [4.69, 9.17) is 26.7 Å². The Kier molecular flexibility index (Phi) is 35.2. The molecule has 1 aromatic rings. The molecule has 0 saturated carbocycles. The minimum Gasteiger partial charge on any atom is -0.377 e. The smallest absolute Gasteiger partial charge is 0.246 e. The number of aryl methyl sites for hydroxylation is 1. The molecule has 390 valence electrons. The van der Waals surface area contributed by atoms with Crippen molar-refractivity contribution in [3.8, 4) is 0 Å². The highest BCUT2D eigenvalue weighted by Crippen LogP contribution is 2.14. The van der Waals surface area contributed by atoms with E-state index in [1.165, 1.54) is 58.4 Å². The van der Waals surface area contributed by atoms with Crippen LogP contribution in [-0.2, 0) is 54.5 Å². The molecule has 24 heteroatoms. The summed E-state index contributed by atoms with van der Waals surface area (Å²) in [5, 5.41) is 26.9. The summed E-state index contributed by atoms with van der Waals surface area (Å²) in [4.78, 5) is 79.7. The summed E-state index contributed by atoms with van der Waals surface area (Å²) in [6.07, 6.45) is 18.2. The number of carbonyl (C=O) groups is 6. The molecular weight excluding hydrogens is 903 g/mol. The number of carbonyl (C=O) groups excluding carboxylic acids is 6. The molecule has 0 aliphatic carbocycles. The molecule has 0 fully saturated rings. The second-order valence-electron chi connectivity index (χ2n) is 16.9. The first-order valence-electron chi connectivity index (χ1n) is 24.4. The number of aromatic nitrogens is 4. The van der Waals surface area contributed by atoms with E-state index in [0.29, 0.717) is 25.7 Å². The molecule has 1 rings (SSSR count). The van der Waals surface area contributed by atoms with Crippen molar-refractivity contribution >= 4 is 51.1 Å². The highest BCUT2D eigenvalue weighted by Gasteiger charge is 2.28. The predicted octanol–water partition coefficient (Wildman–Crippen LogP) is 0.520. The molecule has 0 radical (unpaired) electrons. The number of aromatic amines is 1. The molecule has 3 atom stereocenters. The summed E-state index contributed by atoms with van der Waals surface area (Å²) >= 11 is 0. The van der Waals surface area contributed by atoms with Gasteiger partial charge in [0.1, 0.15) is 36.3 Å². The topological polar surface area (TPSA) is 360 Å². The quantitative estimate of drug-likeness (QED) is 0.0244. The Labute approximate surface area is 402 Å². The maximum atomic E-state index is 13.3. The highest BCUT2D eigenvalue weighted by molar-refractivity contribution is 7.92. The number of hydrogen-bond donors (Lipinski definition) is 9. The number of nitrogens with zero attached hydrogens (tertiary/aromatic N) is 4. The lowest BCUT2D eigenvalue weighted by Gasteiger charge is -2.24. The fourth-order valence-electron chi connectivity index (χ4n) is 7.05. The standard InChI is InChI=1S/C44H83N13O10S/c1-3-4-21-35(41(61)48-2)52-43(63)37(31-45)53-42(62)36(22-18-25-50-44(46)47)51-40(60)32-67-29-28-66-27-26-49-39(59)24-19-30-68(64,65)33-34(58)20-16-14-12-10-8-6-5-7-9-11-13-15-17-23-38-54-56-57-55-38/h35-37H,3-33,45H2,1-2H3,(H,48,61)(H,49,59)(H,51,60)(H,52,63)(H,53,62)(H4,46,47,50)(H,54,55,56,57)/t35-,36-,37-/m0/s1. The summed E-state index contributed by atoms with van der Waals surface area (Å²) < 4.78 is 35.8. The van der Waals surface area contributed by atoms with Crippen LogP contribution in [-0.4, -0.2) is 153 Å². The fourth-order valence-corrected chi connectivity index (χ4v) is 8.42. The van der Waals surface area contributed by atoms with Crippen molar-refractivity contribution in [3.05, 3.63) is 5.82 Å². The molecule has 0 aromatic carbocycles. The third-order valence-electron chi connectivity index (χ3n) is 10.9. The van der Waals surface area contributed by atoms with E-state index in [9.17, 15) is 37.2 Å². The minimum absolute atomic E-state index is 0.0141. The van der Waals surface area contributed by atoms with Gasteiger partial charge in [-0.2, -0.15) is 5.21 Å². The summed E-state index contributed by atoms with van der Waals surface area (Å²) in [5.74, 6) is -3.05. The zero-order chi connectivity index (χ0) is 50.3. The molecule has 0 saturated heterocycles. The number of amides is 5. The molecular formula is C44H83N13O10S. The second-order valence-corrected chi connectivity index (χ2v) is 19.0. The predicted molar refractivity (Wildman–Crippen MR) is 258 cm³/mol. The molecule has 5 amide bonds. The van der Waals surface area contributed by atoms with Crippen molar-refractivity contribution in [2.24, 2.45) is 22.2 Å². The van der Waals surface area contributed by atoms with Crippen LogP contribution >= 0.6 is 0 Å². The first-order valence-corrected chi connectivity index (χ1v) is 26.3. The summed E-state index contributed by atoms with van der Waals surface area (Å²) in [6, 6.07) is -3.09. The van der Waals surface area contributed by atoms with Crippen molar-refractivity contribution in [2.45, 2.75) is 166 Å². The summed E-state index contributed by atoms with van der Waals surface area (Å²) in [5.41, 5.74) is 16.6. The number of unbranched alkanes of at least 4 members (excludes halogenated alkanes) is 13. The minimum atomic E-state index is -3.61. The zero-order valence-corrected chi connectivity index (χ0v) is 41.5. The number of guanidine groups is 1. The van der Waals surface area contributed by atoms with Crippen molar-refractivity contribution in [2.75, 3.05) is 64.6 Å². The average Bonchev–Trinajstić information content (AvgIpc) is 3.83. The maximum absolute atomic E-state index is 13.3. The van der Waals surface area contributed by atoms with Crippen molar-refractivity contribution < 1.29 is 46.7 Å². The van der Waals surface area contributed by atoms with Crippen LogP contribution in [0.5, 0.6) is 0 Å². The van der Waals surface area contributed by atoms with Crippen molar-refractivity contribution in [1.29, 1.82) is 0 Å².